The molecule has 2 fully saturated rings. The number of aliphatic carboxylic acids is 1. The summed E-state index contributed by atoms with van der Waals surface area (Å²) in [6.07, 6.45) is -0.453. The summed E-state index contributed by atoms with van der Waals surface area (Å²) in [5.41, 5.74) is -0.101. The fourth-order valence-electron chi connectivity index (χ4n) is 3.24. The summed E-state index contributed by atoms with van der Waals surface area (Å²) in [4.78, 5) is 37.2. The number of nitrogens with zero attached hydrogens (tertiary/aromatic N) is 1. The quantitative estimate of drug-likeness (QED) is 0.344. The Morgan fingerprint density at radius 3 is 2.69 bits per heavy atom. The van der Waals surface area contributed by atoms with Gasteiger partial charge in [-0.2, -0.15) is 0 Å². The Bertz CT molecular complexity index is 632. The van der Waals surface area contributed by atoms with Crippen molar-refractivity contribution in [2.45, 2.75) is 50.4 Å². The van der Waals surface area contributed by atoms with Crippen LogP contribution in [0.5, 0.6) is 0 Å². The van der Waals surface area contributed by atoms with E-state index in [9.17, 15) is 24.6 Å². The Morgan fingerprint density at radius 1 is 1.46 bits per heavy atom. The van der Waals surface area contributed by atoms with E-state index in [-0.39, 0.29) is 53.9 Å². The maximum atomic E-state index is 12.5. The summed E-state index contributed by atoms with van der Waals surface area (Å²) in [7, 11) is 0. The van der Waals surface area contributed by atoms with Gasteiger partial charge in [0.2, 0.25) is 5.91 Å². The van der Waals surface area contributed by atoms with Gasteiger partial charge in [-0.25, -0.2) is 0 Å². The number of Topliss-reactive ketones (excluding diaryl/α,β-unsaturated/α-hetero) is 1. The molecule has 1 N–H and O–H groups in total. The van der Waals surface area contributed by atoms with Crippen LogP contribution in [-0.2, 0) is 23.9 Å². The van der Waals surface area contributed by atoms with Gasteiger partial charge >= 0.3 is 29.6 Å². The maximum absolute atomic E-state index is 12.5. The Hall–Kier alpha value is -0.420. The molecule has 3 heterocycles. The molecule has 0 aromatic carbocycles. The van der Waals surface area contributed by atoms with Gasteiger partial charge in [-0.1, -0.05) is 11.8 Å². The molecule has 0 aromatic rings. The minimum Gasteiger partial charge on any atom is -0.543 e. The van der Waals surface area contributed by atoms with Crippen molar-refractivity contribution < 1.29 is 63.6 Å². The summed E-state index contributed by atoms with van der Waals surface area (Å²) in [6.45, 7) is 3.29. The molecule has 3 aliphatic rings. The van der Waals surface area contributed by atoms with Crippen LogP contribution < -0.4 is 34.7 Å². The van der Waals surface area contributed by atoms with Crippen LogP contribution in [0.2, 0.25) is 0 Å². The molecule has 138 valence electrons. The number of aliphatic hydroxyl groups excluding tert-OH is 1. The number of rotatable bonds is 7. The average Bonchev–Trinajstić information content (AvgIpc) is 3.17. The van der Waals surface area contributed by atoms with Crippen LogP contribution in [-0.4, -0.2) is 64.6 Å². The van der Waals surface area contributed by atoms with Crippen molar-refractivity contribution >= 4 is 29.4 Å². The Morgan fingerprint density at radius 2 is 2.15 bits per heavy atom. The van der Waals surface area contributed by atoms with Gasteiger partial charge in [0.1, 0.15) is 18.1 Å². The molecule has 0 spiro atoms. The number of β-lactam (4-membered cyclic amide) rings is 1. The molecule has 0 aromatic heterocycles. The molecule has 3 rings (SSSR count). The van der Waals surface area contributed by atoms with Gasteiger partial charge in [0.15, 0.2) is 5.78 Å². The van der Waals surface area contributed by atoms with Crippen LogP contribution >= 0.6 is 11.8 Å². The van der Waals surface area contributed by atoms with Crippen LogP contribution in [0.4, 0.5) is 0 Å². The van der Waals surface area contributed by atoms with E-state index < -0.39 is 35.3 Å². The second kappa shape index (κ2) is 8.72. The van der Waals surface area contributed by atoms with Gasteiger partial charge in [0, 0.05) is 11.5 Å². The number of ether oxygens (including phenoxy) is 2. The summed E-state index contributed by atoms with van der Waals surface area (Å²) < 4.78 is 11.0. The monoisotopic (exact) mass is 393 g/mol. The molecular weight excluding hydrogens is 373 g/mol. The fraction of sp³-hybridized carbons (Fsp3) is 0.688. The topological polar surface area (TPSA) is 116 Å². The molecule has 5 atom stereocenters. The number of carbonyl (C=O) groups is 3. The SMILES string of the molecule is C[C@@H](O)C(=O)CO[C@H](C)[C@H]1C(=O)N2C(C(=O)[O-])=C([C@H]3CCCO3)S[C@H]12.[Na+]. The average molecular weight is 393 g/mol. The number of fused-ring (bicyclic) bond motifs is 1. The Kier molecular flexibility index (Phi) is 7.34. The number of aliphatic hydroxyl groups is 1. The van der Waals surface area contributed by atoms with Crippen molar-refractivity contribution in [2.75, 3.05) is 13.2 Å². The van der Waals surface area contributed by atoms with Gasteiger partial charge in [-0.15, -0.1) is 0 Å². The first-order chi connectivity index (χ1) is 11.8. The first kappa shape index (κ1) is 21.9. The summed E-state index contributed by atoms with van der Waals surface area (Å²) in [5, 5.41) is 20.3. The van der Waals surface area contributed by atoms with E-state index in [0.717, 1.165) is 6.42 Å². The predicted molar refractivity (Wildman–Crippen MR) is 84.8 cm³/mol. The van der Waals surface area contributed by atoms with Gasteiger partial charge in [-0.05, 0) is 26.7 Å². The van der Waals surface area contributed by atoms with Crippen LogP contribution in [0.1, 0.15) is 26.7 Å². The summed E-state index contributed by atoms with van der Waals surface area (Å²) in [6, 6.07) is 0. The fourth-order valence-corrected chi connectivity index (χ4v) is 4.93. The molecule has 10 heteroatoms. The van der Waals surface area contributed by atoms with Crippen molar-refractivity contribution in [3.05, 3.63) is 10.6 Å². The van der Waals surface area contributed by atoms with Crippen molar-refractivity contribution in [1.29, 1.82) is 0 Å². The van der Waals surface area contributed by atoms with E-state index in [1.54, 1.807) is 6.92 Å². The number of thioether (sulfide) groups is 1. The number of carboxylic acid groups (broad SMARTS) is 1. The number of amides is 1. The standard InChI is InChI=1S/C16H21NO7S.Na/c1-7(18)9(19)6-24-8(2)11-14(20)17-12(16(21)22)13(25-15(11)17)10-4-3-5-23-10;/h7-8,10-11,15,18H,3-6H2,1-2H3,(H,21,22);/q;+1/p-1/t7-,8-,10-,11+,15-;/m1./s1. The summed E-state index contributed by atoms with van der Waals surface area (Å²) in [5.74, 6) is -2.77. The summed E-state index contributed by atoms with van der Waals surface area (Å²) >= 11 is 1.30. The third kappa shape index (κ3) is 3.89. The first-order valence-corrected chi connectivity index (χ1v) is 9.10. The van der Waals surface area contributed by atoms with E-state index >= 15 is 0 Å². The van der Waals surface area contributed by atoms with Gasteiger partial charge < -0.3 is 24.5 Å². The number of hydrogen-bond donors (Lipinski definition) is 1. The zero-order chi connectivity index (χ0) is 18.3. The van der Waals surface area contributed by atoms with Gasteiger partial charge in [0.05, 0.1) is 29.8 Å². The van der Waals surface area contributed by atoms with E-state index in [1.807, 2.05) is 0 Å². The van der Waals surface area contributed by atoms with Gasteiger partial charge in [0.25, 0.3) is 0 Å². The van der Waals surface area contributed by atoms with E-state index in [1.165, 1.54) is 23.6 Å². The second-order valence-corrected chi connectivity index (χ2v) is 7.56. The number of carbonyl (C=O) groups excluding carboxylic acids is 3. The number of carboxylic acids is 1. The number of ketones is 1. The van der Waals surface area contributed by atoms with E-state index in [4.69, 9.17) is 9.47 Å². The molecule has 8 nitrogen and oxygen atoms in total. The molecule has 26 heavy (non-hydrogen) atoms. The van der Waals surface area contributed by atoms with Crippen molar-refractivity contribution in [1.82, 2.24) is 4.90 Å². The third-order valence-corrected chi connectivity index (χ3v) is 6.14. The minimum absolute atomic E-state index is 0. The first-order valence-electron chi connectivity index (χ1n) is 8.22. The molecule has 1 amide bonds. The molecule has 3 aliphatic heterocycles. The normalized spacial score (nSPS) is 29.7. The molecular formula is C16H20NNaO7S. The van der Waals surface area contributed by atoms with Crippen LogP contribution in [0.3, 0.4) is 0 Å². The molecule has 0 bridgehead atoms. The smallest absolute Gasteiger partial charge is 0.543 e. The zero-order valence-electron chi connectivity index (χ0n) is 15.0. The van der Waals surface area contributed by atoms with Crippen molar-refractivity contribution in [3.8, 4) is 0 Å². The van der Waals surface area contributed by atoms with Gasteiger partial charge in [-0.3, -0.25) is 14.5 Å². The van der Waals surface area contributed by atoms with Crippen LogP contribution in [0.25, 0.3) is 0 Å². The maximum Gasteiger partial charge on any atom is 1.00 e. The Labute approximate surface area is 177 Å². The van der Waals surface area contributed by atoms with Crippen molar-refractivity contribution in [2.24, 2.45) is 5.92 Å². The van der Waals surface area contributed by atoms with Crippen LogP contribution in [0.15, 0.2) is 10.6 Å². The predicted octanol–water partition coefficient (Wildman–Crippen LogP) is -3.98. The van der Waals surface area contributed by atoms with E-state index in [0.29, 0.717) is 17.9 Å². The van der Waals surface area contributed by atoms with Crippen molar-refractivity contribution in [3.63, 3.8) is 0 Å². The zero-order valence-corrected chi connectivity index (χ0v) is 17.8. The second-order valence-electron chi connectivity index (χ2n) is 6.40. The Balaban J connectivity index is 0.00000243. The van der Waals surface area contributed by atoms with Crippen LogP contribution in [0, 0.1) is 5.92 Å². The molecule has 0 unspecified atom stereocenters. The molecule has 0 saturated carbocycles. The van der Waals surface area contributed by atoms with E-state index in [2.05, 4.69) is 0 Å². The number of hydrogen-bond acceptors (Lipinski definition) is 8. The third-order valence-electron chi connectivity index (χ3n) is 4.68. The molecule has 0 radical (unpaired) electrons. The molecule has 2 saturated heterocycles. The molecule has 0 aliphatic carbocycles. The largest absolute Gasteiger partial charge is 1.00 e. The minimum atomic E-state index is -1.38.